The Morgan fingerprint density at radius 2 is 1.68 bits per heavy atom. The fourth-order valence-electron chi connectivity index (χ4n) is 3.59. The highest BCUT2D eigenvalue weighted by Gasteiger charge is 2.41. The van der Waals surface area contributed by atoms with Gasteiger partial charge in [0.1, 0.15) is 6.04 Å². The van der Waals surface area contributed by atoms with Gasteiger partial charge in [0.25, 0.3) is 0 Å². The van der Waals surface area contributed by atoms with Crippen LogP contribution >= 0.6 is 11.6 Å². The van der Waals surface area contributed by atoms with E-state index in [9.17, 15) is 13.2 Å². The molecule has 1 atom stereocenters. The van der Waals surface area contributed by atoms with E-state index in [-0.39, 0.29) is 10.9 Å². The van der Waals surface area contributed by atoms with Crippen LogP contribution in [0.3, 0.4) is 0 Å². The van der Waals surface area contributed by atoms with Gasteiger partial charge in [0.2, 0.25) is 15.9 Å². The molecule has 3 rings (SSSR count). The van der Waals surface area contributed by atoms with Crippen molar-refractivity contribution in [2.24, 2.45) is 5.73 Å². The van der Waals surface area contributed by atoms with E-state index in [0.29, 0.717) is 23.4 Å². The molecule has 0 aliphatic carbocycles. The zero-order valence-electron chi connectivity index (χ0n) is 15.7. The Morgan fingerprint density at radius 1 is 1.11 bits per heavy atom. The third-order valence-corrected chi connectivity index (χ3v) is 7.26. The summed E-state index contributed by atoms with van der Waals surface area (Å²) >= 11 is 5.97. The lowest BCUT2D eigenvalue weighted by Gasteiger charge is -2.39. The number of rotatable bonds is 6. The second kappa shape index (κ2) is 8.61. The minimum Gasteiger partial charge on any atom is -0.368 e. The topological polar surface area (TPSA) is 83.7 Å². The van der Waals surface area contributed by atoms with E-state index in [4.69, 9.17) is 17.3 Å². The second-order valence-electron chi connectivity index (χ2n) is 7.04. The number of carbonyl (C=O) groups excluding carboxylic acids is 1. The number of piperidine rings is 1. The van der Waals surface area contributed by atoms with Gasteiger partial charge in [-0.1, -0.05) is 41.9 Å². The fourth-order valence-corrected chi connectivity index (χ4v) is 5.57. The van der Waals surface area contributed by atoms with Crippen molar-refractivity contribution in [3.63, 3.8) is 0 Å². The minimum atomic E-state index is -3.94. The number of hydrogen-bond donors (Lipinski definition) is 1. The molecule has 150 valence electrons. The summed E-state index contributed by atoms with van der Waals surface area (Å²) in [5.41, 5.74) is 6.24. The number of carbonyl (C=O) groups is 1. The second-order valence-corrected chi connectivity index (χ2v) is 9.32. The number of sulfonamides is 1. The molecule has 8 heteroatoms. The Labute approximate surface area is 170 Å². The zero-order chi connectivity index (χ0) is 20.3. The van der Waals surface area contributed by atoms with Crippen LogP contribution in [-0.4, -0.2) is 49.7 Å². The molecule has 0 saturated carbocycles. The van der Waals surface area contributed by atoms with Gasteiger partial charge in [0, 0.05) is 11.1 Å². The maximum atomic E-state index is 13.6. The molecule has 1 unspecified atom stereocenters. The molecule has 2 aromatic rings. The van der Waals surface area contributed by atoms with Crippen LogP contribution in [0.1, 0.15) is 24.4 Å². The molecule has 0 aromatic heterocycles. The molecule has 28 heavy (non-hydrogen) atoms. The standard InChI is InChI=1S/C20H24ClN3O3S/c1-23-13-11-17(12-14-23)24(28(26,27)18-5-3-2-4-6-18)19(20(22)25)15-7-9-16(21)10-8-15/h2-10,17,19H,11-14H2,1H3,(H2,22,25). The lowest BCUT2D eigenvalue weighted by molar-refractivity contribution is -0.122. The first-order chi connectivity index (χ1) is 13.3. The van der Waals surface area contributed by atoms with Crippen LogP contribution in [0, 0.1) is 0 Å². The SMILES string of the molecule is CN1CCC(N(C(C(N)=O)c2ccc(Cl)cc2)S(=O)(=O)c2ccccc2)CC1. The number of nitrogens with zero attached hydrogens (tertiary/aromatic N) is 2. The van der Waals surface area contributed by atoms with Crippen molar-refractivity contribution in [2.75, 3.05) is 20.1 Å². The maximum absolute atomic E-state index is 13.6. The molecule has 1 aliphatic heterocycles. The number of benzene rings is 2. The quantitative estimate of drug-likeness (QED) is 0.777. The predicted molar refractivity (Wildman–Crippen MR) is 109 cm³/mol. The van der Waals surface area contributed by atoms with Gasteiger partial charge in [-0.25, -0.2) is 8.42 Å². The van der Waals surface area contributed by atoms with Gasteiger partial charge in [-0.05, 0) is 62.8 Å². The van der Waals surface area contributed by atoms with Crippen molar-refractivity contribution >= 4 is 27.5 Å². The summed E-state index contributed by atoms with van der Waals surface area (Å²) in [6.07, 6.45) is 1.25. The Morgan fingerprint density at radius 3 is 2.21 bits per heavy atom. The van der Waals surface area contributed by atoms with E-state index < -0.39 is 22.0 Å². The number of hydrogen-bond acceptors (Lipinski definition) is 4. The molecule has 0 radical (unpaired) electrons. The van der Waals surface area contributed by atoms with Crippen LogP contribution in [0.5, 0.6) is 0 Å². The minimum absolute atomic E-state index is 0.147. The van der Waals surface area contributed by atoms with E-state index >= 15 is 0 Å². The third-order valence-electron chi connectivity index (χ3n) is 5.08. The highest BCUT2D eigenvalue weighted by molar-refractivity contribution is 7.89. The monoisotopic (exact) mass is 421 g/mol. The molecule has 1 heterocycles. The van der Waals surface area contributed by atoms with E-state index in [1.807, 2.05) is 7.05 Å². The van der Waals surface area contributed by atoms with Crippen LogP contribution in [0.25, 0.3) is 0 Å². The third kappa shape index (κ3) is 4.38. The van der Waals surface area contributed by atoms with Crippen molar-refractivity contribution in [2.45, 2.75) is 29.8 Å². The average molecular weight is 422 g/mol. The molecular formula is C20H24ClN3O3S. The van der Waals surface area contributed by atoms with E-state index in [0.717, 1.165) is 13.1 Å². The Balaban J connectivity index is 2.11. The van der Waals surface area contributed by atoms with Crippen molar-refractivity contribution in [1.82, 2.24) is 9.21 Å². The van der Waals surface area contributed by atoms with Gasteiger partial charge in [-0.2, -0.15) is 4.31 Å². The highest BCUT2D eigenvalue weighted by atomic mass is 35.5. The Bertz CT molecular complexity index is 911. The molecule has 2 aromatic carbocycles. The smallest absolute Gasteiger partial charge is 0.244 e. The fraction of sp³-hybridized carbons (Fsp3) is 0.350. The normalized spacial score (nSPS) is 17.5. The van der Waals surface area contributed by atoms with Crippen LogP contribution in [0.2, 0.25) is 5.02 Å². The maximum Gasteiger partial charge on any atom is 0.244 e. The van der Waals surface area contributed by atoms with Crippen LogP contribution in [-0.2, 0) is 14.8 Å². The number of nitrogens with two attached hydrogens (primary N) is 1. The van der Waals surface area contributed by atoms with E-state index in [2.05, 4.69) is 4.90 Å². The van der Waals surface area contributed by atoms with Gasteiger partial charge < -0.3 is 10.6 Å². The molecular weight excluding hydrogens is 398 g/mol. The first-order valence-corrected chi connectivity index (χ1v) is 10.9. The van der Waals surface area contributed by atoms with Gasteiger partial charge in [-0.15, -0.1) is 0 Å². The van der Waals surface area contributed by atoms with Crippen LogP contribution in [0.4, 0.5) is 0 Å². The first-order valence-electron chi connectivity index (χ1n) is 9.12. The van der Waals surface area contributed by atoms with Crippen molar-refractivity contribution in [3.8, 4) is 0 Å². The van der Waals surface area contributed by atoms with Crippen molar-refractivity contribution in [3.05, 3.63) is 65.2 Å². The molecule has 1 saturated heterocycles. The number of primary amides is 1. The Hall–Kier alpha value is -1.93. The van der Waals surface area contributed by atoms with E-state index in [1.165, 1.54) is 16.4 Å². The summed E-state index contributed by atoms with van der Waals surface area (Å²) in [5.74, 6) is -0.708. The summed E-state index contributed by atoms with van der Waals surface area (Å²) in [5, 5.41) is 0.503. The molecule has 2 N–H and O–H groups in total. The molecule has 1 amide bonds. The number of amides is 1. The van der Waals surface area contributed by atoms with Gasteiger partial charge >= 0.3 is 0 Å². The molecule has 0 spiro atoms. The first kappa shape index (κ1) is 20.8. The summed E-state index contributed by atoms with van der Waals surface area (Å²) in [7, 11) is -1.94. The average Bonchev–Trinajstić information content (AvgIpc) is 2.68. The zero-order valence-corrected chi connectivity index (χ0v) is 17.2. The molecule has 6 nitrogen and oxygen atoms in total. The number of likely N-dealkylation sites (tertiary alicyclic amines) is 1. The lowest BCUT2D eigenvalue weighted by atomic mass is 10.0. The van der Waals surface area contributed by atoms with Crippen LogP contribution in [0.15, 0.2) is 59.5 Å². The predicted octanol–water partition coefficient (Wildman–Crippen LogP) is 2.65. The van der Waals surface area contributed by atoms with Gasteiger partial charge in [0.05, 0.1) is 4.90 Å². The van der Waals surface area contributed by atoms with Gasteiger partial charge in [0.15, 0.2) is 0 Å². The lowest BCUT2D eigenvalue weighted by Crippen LogP contribution is -2.51. The van der Waals surface area contributed by atoms with Crippen molar-refractivity contribution < 1.29 is 13.2 Å². The summed E-state index contributed by atoms with van der Waals surface area (Å²) < 4.78 is 28.5. The highest BCUT2D eigenvalue weighted by Crippen LogP contribution is 2.34. The summed E-state index contributed by atoms with van der Waals surface area (Å²) in [6.45, 7) is 1.50. The molecule has 0 bridgehead atoms. The molecule has 1 fully saturated rings. The summed E-state index contributed by atoms with van der Waals surface area (Å²) in [4.78, 5) is 14.8. The Kier molecular flexibility index (Phi) is 6.40. The summed E-state index contributed by atoms with van der Waals surface area (Å²) in [6, 6.07) is 13.3. The van der Waals surface area contributed by atoms with Crippen LogP contribution < -0.4 is 5.73 Å². The molecule has 1 aliphatic rings. The largest absolute Gasteiger partial charge is 0.368 e. The number of halogens is 1. The van der Waals surface area contributed by atoms with Crippen molar-refractivity contribution in [1.29, 1.82) is 0 Å². The van der Waals surface area contributed by atoms with Gasteiger partial charge in [-0.3, -0.25) is 4.79 Å². The van der Waals surface area contributed by atoms with E-state index in [1.54, 1.807) is 42.5 Å².